The molecule has 104 valence electrons. The highest BCUT2D eigenvalue weighted by molar-refractivity contribution is 5.90. The maximum atomic E-state index is 11.8. The van der Waals surface area contributed by atoms with Crippen molar-refractivity contribution < 1.29 is 9.59 Å². The van der Waals surface area contributed by atoms with Gasteiger partial charge >= 0.3 is 0 Å². The van der Waals surface area contributed by atoms with Crippen LogP contribution in [0.25, 0.3) is 0 Å². The quantitative estimate of drug-likeness (QED) is 0.674. The van der Waals surface area contributed by atoms with Gasteiger partial charge in [-0.05, 0) is 25.4 Å². The second-order valence-electron chi connectivity index (χ2n) is 4.71. The largest absolute Gasteiger partial charge is 0.358 e. The van der Waals surface area contributed by atoms with Crippen molar-refractivity contribution in [2.45, 2.75) is 19.4 Å². The third-order valence-electron chi connectivity index (χ3n) is 3.14. The van der Waals surface area contributed by atoms with Gasteiger partial charge in [0.15, 0.2) is 0 Å². The molecule has 3 N–H and O–H groups in total. The van der Waals surface area contributed by atoms with Crippen LogP contribution in [0.4, 0.5) is 5.69 Å². The van der Waals surface area contributed by atoms with Gasteiger partial charge in [-0.2, -0.15) is 5.10 Å². The van der Waals surface area contributed by atoms with Gasteiger partial charge in [-0.3, -0.25) is 14.3 Å². The average molecular weight is 265 g/mol. The van der Waals surface area contributed by atoms with Crippen molar-refractivity contribution in [1.82, 2.24) is 20.4 Å². The summed E-state index contributed by atoms with van der Waals surface area (Å²) in [6.45, 7) is 2.05. The standard InChI is InChI=1S/C12H19N5O2/c1-13-12(19)8-17-7-10(6-15-17)16-11(18)4-9-2-3-14-5-9/h6-7,9,14H,2-5,8H2,1H3,(H,13,19)(H,16,18). The van der Waals surface area contributed by atoms with E-state index in [1.807, 2.05) is 0 Å². The highest BCUT2D eigenvalue weighted by Crippen LogP contribution is 2.14. The first-order valence-corrected chi connectivity index (χ1v) is 6.41. The summed E-state index contributed by atoms with van der Waals surface area (Å²) in [6, 6.07) is 0. The summed E-state index contributed by atoms with van der Waals surface area (Å²) < 4.78 is 1.49. The molecule has 7 heteroatoms. The summed E-state index contributed by atoms with van der Waals surface area (Å²) in [6.07, 6.45) is 4.77. The van der Waals surface area contributed by atoms with E-state index < -0.39 is 0 Å². The van der Waals surface area contributed by atoms with E-state index in [4.69, 9.17) is 0 Å². The normalized spacial score (nSPS) is 18.3. The van der Waals surface area contributed by atoms with E-state index in [0.29, 0.717) is 18.0 Å². The number of nitrogens with zero attached hydrogens (tertiary/aromatic N) is 2. The number of carbonyl (C=O) groups is 2. The molecule has 0 aliphatic carbocycles. The maximum absolute atomic E-state index is 11.8. The molecule has 0 bridgehead atoms. The fourth-order valence-electron chi connectivity index (χ4n) is 2.10. The molecule has 0 radical (unpaired) electrons. The minimum atomic E-state index is -0.127. The molecule has 1 unspecified atom stereocenters. The predicted molar refractivity (Wildman–Crippen MR) is 70.5 cm³/mol. The Balaban J connectivity index is 1.81. The number of likely N-dealkylation sites (N-methyl/N-ethyl adjacent to an activating group) is 1. The van der Waals surface area contributed by atoms with Gasteiger partial charge in [0.05, 0.1) is 11.9 Å². The topological polar surface area (TPSA) is 88.0 Å². The molecule has 1 aromatic heterocycles. The third-order valence-corrected chi connectivity index (χ3v) is 3.14. The van der Waals surface area contributed by atoms with Gasteiger partial charge in [0.2, 0.25) is 11.8 Å². The van der Waals surface area contributed by atoms with Crippen LogP contribution in [-0.4, -0.2) is 41.7 Å². The molecule has 2 rings (SSSR count). The van der Waals surface area contributed by atoms with Crippen LogP contribution in [0, 0.1) is 5.92 Å². The number of anilines is 1. The van der Waals surface area contributed by atoms with Crippen molar-refractivity contribution in [1.29, 1.82) is 0 Å². The van der Waals surface area contributed by atoms with Crippen molar-refractivity contribution in [3.63, 3.8) is 0 Å². The summed E-state index contributed by atoms with van der Waals surface area (Å²) in [5, 5.41) is 12.6. The number of hydrogen-bond acceptors (Lipinski definition) is 4. The zero-order valence-corrected chi connectivity index (χ0v) is 11.0. The molecule has 1 atom stereocenters. The molecule has 1 aliphatic heterocycles. The molecule has 7 nitrogen and oxygen atoms in total. The predicted octanol–water partition coefficient (Wildman–Crippen LogP) is -0.433. The Kier molecular flexibility index (Phi) is 4.51. The van der Waals surface area contributed by atoms with Crippen LogP contribution in [0.1, 0.15) is 12.8 Å². The van der Waals surface area contributed by atoms with Crippen LogP contribution in [0.3, 0.4) is 0 Å². The van der Waals surface area contributed by atoms with Gasteiger partial charge in [0.25, 0.3) is 0 Å². The number of hydrogen-bond donors (Lipinski definition) is 3. The summed E-state index contributed by atoms with van der Waals surface area (Å²) in [5.41, 5.74) is 0.625. The lowest BCUT2D eigenvalue weighted by Gasteiger charge is -2.07. The van der Waals surface area contributed by atoms with E-state index in [-0.39, 0.29) is 18.4 Å². The second-order valence-corrected chi connectivity index (χ2v) is 4.71. The summed E-state index contributed by atoms with van der Waals surface area (Å²) in [4.78, 5) is 23.0. The van der Waals surface area contributed by atoms with Crippen LogP contribution >= 0.6 is 0 Å². The lowest BCUT2D eigenvalue weighted by molar-refractivity contribution is -0.121. The Morgan fingerprint density at radius 3 is 3.05 bits per heavy atom. The first kappa shape index (κ1) is 13.5. The fourth-order valence-corrected chi connectivity index (χ4v) is 2.10. The Bertz CT molecular complexity index is 451. The number of aromatic nitrogens is 2. The van der Waals surface area contributed by atoms with Gasteiger partial charge in [0, 0.05) is 19.7 Å². The third kappa shape index (κ3) is 4.06. The molecule has 0 aromatic carbocycles. The van der Waals surface area contributed by atoms with Crippen LogP contribution in [0.2, 0.25) is 0 Å². The highest BCUT2D eigenvalue weighted by atomic mass is 16.2. The molecule has 1 fully saturated rings. The molecule has 0 saturated carbocycles. The van der Waals surface area contributed by atoms with Crippen molar-refractivity contribution in [2.75, 3.05) is 25.5 Å². The van der Waals surface area contributed by atoms with E-state index in [2.05, 4.69) is 21.0 Å². The molecule has 1 aromatic rings. The van der Waals surface area contributed by atoms with Crippen LogP contribution in [0.15, 0.2) is 12.4 Å². The van der Waals surface area contributed by atoms with Crippen molar-refractivity contribution >= 4 is 17.5 Å². The lowest BCUT2D eigenvalue weighted by Crippen LogP contribution is -2.23. The minimum absolute atomic E-state index is 0.00630. The Morgan fingerprint density at radius 2 is 2.37 bits per heavy atom. The number of nitrogens with one attached hydrogen (secondary N) is 3. The zero-order chi connectivity index (χ0) is 13.7. The second kappa shape index (κ2) is 6.33. The number of rotatable bonds is 5. The summed E-state index contributed by atoms with van der Waals surface area (Å²) in [7, 11) is 1.57. The van der Waals surface area contributed by atoms with Crippen molar-refractivity contribution in [2.24, 2.45) is 5.92 Å². The van der Waals surface area contributed by atoms with Gasteiger partial charge < -0.3 is 16.0 Å². The molecule has 1 aliphatic rings. The van der Waals surface area contributed by atoms with E-state index in [1.165, 1.54) is 4.68 Å². The first-order chi connectivity index (χ1) is 9.17. The zero-order valence-electron chi connectivity index (χ0n) is 11.0. The van der Waals surface area contributed by atoms with E-state index in [1.54, 1.807) is 19.4 Å². The molecular weight excluding hydrogens is 246 g/mol. The average Bonchev–Trinajstić information content (AvgIpc) is 3.01. The van der Waals surface area contributed by atoms with Crippen LogP contribution < -0.4 is 16.0 Å². The van der Waals surface area contributed by atoms with Gasteiger partial charge in [-0.15, -0.1) is 0 Å². The lowest BCUT2D eigenvalue weighted by atomic mass is 10.0. The molecule has 2 heterocycles. The summed E-state index contributed by atoms with van der Waals surface area (Å²) in [5.74, 6) is 0.284. The van der Waals surface area contributed by atoms with E-state index >= 15 is 0 Å². The van der Waals surface area contributed by atoms with E-state index in [0.717, 1.165) is 19.5 Å². The molecule has 2 amide bonds. The van der Waals surface area contributed by atoms with Gasteiger partial charge in [-0.25, -0.2) is 0 Å². The van der Waals surface area contributed by atoms with E-state index in [9.17, 15) is 9.59 Å². The number of carbonyl (C=O) groups excluding carboxylic acids is 2. The first-order valence-electron chi connectivity index (χ1n) is 6.41. The molecule has 0 spiro atoms. The maximum Gasteiger partial charge on any atom is 0.241 e. The molecule has 19 heavy (non-hydrogen) atoms. The Hall–Kier alpha value is -1.89. The van der Waals surface area contributed by atoms with Crippen molar-refractivity contribution in [3.05, 3.63) is 12.4 Å². The van der Waals surface area contributed by atoms with Gasteiger partial charge in [0.1, 0.15) is 6.54 Å². The molecule has 1 saturated heterocycles. The molecular formula is C12H19N5O2. The van der Waals surface area contributed by atoms with Crippen LogP contribution in [0.5, 0.6) is 0 Å². The summed E-state index contributed by atoms with van der Waals surface area (Å²) >= 11 is 0. The Labute approximate surface area is 111 Å². The monoisotopic (exact) mass is 265 g/mol. The Morgan fingerprint density at radius 1 is 1.53 bits per heavy atom. The van der Waals surface area contributed by atoms with Crippen LogP contribution in [-0.2, 0) is 16.1 Å². The highest BCUT2D eigenvalue weighted by Gasteiger charge is 2.18. The smallest absolute Gasteiger partial charge is 0.241 e. The SMILES string of the molecule is CNC(=O)Cn1cc(NC(=O)CC2CCNC2)cn1. The fraction of sp³-hybridized carbons (Fsp3) is 0.583. The minimum Gasteiger partial charge on any atom is -0.358 e. The number of amides is 2. The van der Waals surface area contributed by atoms with Gasteiger partial charge in [-0.1, -0.05) is 0 Å². The van der Waals surface area contributed by atoms with Crippen molar-refractivity contribution in [3.8, 4) is 0 Å².